The molecule has 1 aromatic heterocycles. The van der Waals surface area contributed by atoms with E-state index in [9.17, 15) is 14.7 Å². The van der Waals surface area contributed by atoms with Crippen LogP contribution in [0.2, 0.25) is 0 Å². The molecule has 5 nitrogen and oxygen atoms in total. The number of rotatable bonds is 3. The van der Waals surface area contributed by atoms with Crippen molar-refractivity contribution in [3.63, 3.8) is 0 Å². The lowest BCUT2D eigenvalue weighted by Crippen LogP contribution is -2.22. The molecular formula is C22H20N2O3S. The minimum atomic E-state index is -0.181. The smallest absolute Gasteiger partial charge is 0.266 e. The lowest BCUT2D eigenvalue weighted by Gasteiger charge is -2.24. The Kier molecular flexibility index (Phi) is 4.65. The fraction of sp³-hybridized carbons (Fsp3) is 0.182. The van der Waals surface area contributed by atoms with Gasteiger partial charge in [-0.25, -0.2) is 0 Å². The predicted molar refractivity (Wildman–Crippen MR) is 111 cm³/mol. The van der Waals surface area contributed by atoms with Gasteiger partial charge in [-0.3, -0.25) is 9.59 Å². The lowest BCUT2D eigenvalue weighted by molar-refractivity contribution is -0.116. The van der Waals surface area contributed by atoms with Gasteiger partial charge < -0.3 is 15.7 Å². The fourth-order valence-corrected chi connectivity index (χ4v) is 4.72. The number of thiophene rings is 1. The molecule has 28 heavy (non-hydrogen) atoms. The van der Waals surface area contributed by atoms with Crippen molar-refractivity contribution in [1.82, 2.24) is 0 Å². The third-order valence-corrected chi connectivity index (χ3v) is 6.22. The predicted octanol–water partition coefficient (Wildman–Crippen LogP) is 4.80. The van der Waals surface area contributed by atoms with Crippen LogP contribution < -0.4 is 10.6 Å². The summed E-state index contributed by atoms with van der Waals surface area (Å²) in [6.45, 7) is 3.92. The number of phenolic OH excluding ortho intramolecular Hbond substituents is 1. The van der Waals surface area contributed by atoms with E-state index in [0.717, 1.165) is 32.9 Å². The molecule has 0 aliphatic carbocycles. The molecule has 0 saturated heterocycles. The monoisotopic (exact) mass is 392 g/mol. The van der Waals surface area contributed by atoms with E-state index in [-0.39, 0.29) is 23.5 Å². The molecule has 4 rings (SSSR count). The quantitative estimate of drug-likeness (QED) is 0.599. The third-order valence-electron chi connectivity index (χ3n) is 5.00. The number of carbonyl (C=O) groups excluding carboxylic acids is 2. The van der Waals surface area contributed by atoms with Crippen molar-refractivity contribution in [1.29, 1.82) is 0 Å². The average Bonchev–Trinajstić information content (AvgIpc) is 3.00. The van der Waals surface area contributed by atoms with Crippen LogP contribution in [0.1, 0.15) is 44.3 Å². The molecule has 1 unspecified atom stereocenters. The van der Waals surface area contributed by atoms with Gasteiger partial charge in [-0.05, 0) is 54.8 Å². The first-order valence-corrected chi connectivity index (χ1v) is 9.84. The number of phenols is 1. The standard InChI is InChI=1S/C22H20N2O3S/c1-12-3-7-15(8-4-12)23-21(27)20-13(2)19-17(11-18(26)24-22(19)28-20)14-5-9-16(25)10-6-14/h3-10,17,25H,11H2,1-2H3,(H,23,27)(H,24,26). The summed E-state index contributed by atoms with van der Waals surface area (Å²) in [5.74, 6) is -0.206. The Bertz CT molecular complexity index is 1050. The highest BCUT2D eigenvalue weighted by atomic mass is 32.1. The first kappa shape index (κ1) is 18.3. The number of nitrogens with one attached hydrogen (secondary N) is 2. The third kappa shape index (κ3) is 3.39. The summed E-state index contributed by atoms with van der Waals surface area (Å²) in [5, 5.41) is 16.1. The maximum absolute atomic E-state index is 12.9. The zero-order valence-corrected chi connectivity index (χ0v) is 16.4. The summed E-state index contributed by atoms with van der Waals surface area (Å²) in [6, 6.07) is 14.5. The van der Waals surface area contributed by atoms with Gasteiger partial charge in [-0.1, -0.05) is 29.8 Å². The van der Waals surface area contributed by atoms with Gasteiger partial charge in [0.25, 0.3) is 5.91 Å². The second-order valence-corrected chi connectivity index (χ2v) is 8.04. The number of fused-ring (bicyclic) bond motifs is 1. The van der Waals surface area contributed by atoms with Gasteiger partial charge in [-0.15, -0.1) is 11.3 Å². The molecule has 1 aliphatic heterocycles. The zero-order valence-electron chi connectivity index (χ0n) is 15.6. The van der Waals surface area contributed by atoms with E-state index in [1.165, 1.54) is 11.3 Å². The van der Waals surface area contributed by atoms with Crippen LogP contribution in [0.5, 0.6) is 5.75 Å². The molecule has 2 heterocycles. The normalized spacial score (nSPS) is 15.6. The number of aromatic hydroxyl groups is 1. The Morgan fingerprint density at radius 1 is 1.11 bits per heavy atom. The zero-order chi connectivity index (χ0) is 19.8. The van der Waals surface area contributed by atoms with E-state index in [0.29, 0.717) is 11.3 Å². The van der Waals surface area contributed by atoms with Crippen molar-refractivity contribution in [3.8, 4) is 5.75 Å². The number of aryl methyl sites for hydroxylation is 1. The van der Waals surface area contributed by atoms with Crippen LogP contribution in [0.25, 0.3) is 0 Å². The first-order valence-electron chi connectivity index (χ1n) is 9.02. The number of carbonyl (C=O) groups is 2. The van der Waals surface area contributed by atoms with Crippen LogP contribution in [0.15, 0.2) is 48.5 Å². The van der Waals surface area contributed by atoms with Gasteiger partial charge in [0.05, 0.1) is 9.88 Å². The van der Waals surface area contributed by atoms with Gasteiger partial charge in [0.2, 0.25) is 5.91 Å². The Balaban J connectivity index is 1.69. The van der Waals surface area contributed by atoms with Crippen LogP contribution >= 0.6 is 11.3 Å². The Hall–Kier alpha value is -3.12. The molecule has 3 N–H and O–H groups in total. The molecule has 142 valence electrons. The van der Waals surface area contributed by atoms with Gasteiger partial charge in [0.1, 0.15) is 5.75 Å². The van der Waals surface area contributed by atoms with Crippen LogP contribution in [0, 0.1) is 13.8 Å². The molecule has 0 fully saturated rings. The van der Waals surface area contributed by atoms with E-state index >= 15 is 0 Å². The van der Waals surface area contributed by atoms with Crippen LogP contribution in [0.4, 0.5) is 10.7 Å². The second-order valence-electron chi connectivity index (χ2n) is 7.02. The van der Waals surface area contributed by atoms with E-state index in [2.05, 4.69) is 10.6 Å². The molecule has 2 amide bonds. The van der Waals surface area contributed by atoms with E-state index in [4.69, 9.17) is 0 Å². The topological polar surface area (TPSA) is 78.4 Å². The summed E-state index contributed by atoms with van der Waals surface area (Å²) in [6.07, 6.45) is 0.314. The largest absolute Gasteiger partial charge is 0.508 e. The Morgan fingerprint density at radius 2 is 1.79 bits per heavy atom. The van der Waals surface area contributed by atoms with E-state index < -0.39 is 0 Å². The Labute approximate surface area is 167 Å². The summed E-state index contributed by atoms with van der Waals surface area (Å²) in [4.78, 5) is 25.7. The number of hydrogen-bond donors (Lipinski definition) is 3. The molecule has 6 heteroatoms. The number of hydrogen-bond acceptors (Lipinski definition) is 4. The average molecular weight is 392 g/mol. The molecule has 0 bridgehead atoms. The molecule has 2 aromatic carbocycles. The van der Waals surface area contributed by atoms with Gasteiger partial charge in [-0.2, -0.15) is 0 Å². The molecular weight excluding hydrogens is 372 g/mol. The SMILES string of the molecule is Cc1ccc(NC(=O)c2sc3c(c2C)C(c2ccc(O)cc2)CC(=O)N3)cc1. The van der Waals surface area contributed by atoms with Crippen molar-refractivity contribution in [2.75, 3.05) is 10.6 Å². The van der Waals surface area contributed by atoms with Crippen molar-refractivity contribution in [2.24, 2.45) is 0 Å². The van der Waals surface area contributed by atoms with Crippen molar-refractivity contribution in [3.05, 3.63) is 75.7 Å². The summed E-state index contributed by atoms with van der Waals surface area (Å²) in [7, 11) is 0. The summed E-state index contributed by atoms with van der Waals surface area (Å²) >= 11 is 1.30. The highest BCUT2D eigenvalue weighted by molar-refractivity contribution is 7.18. The highest BCUT2D eigenvalue weighted by Crippen LogP contribution is 2.45. The maximum atomic E-state index is 12.9. The van der Waals surface area contributed by atoms with Crippen LogP contribution in [-0.4, -0.2) is 16.9 Å². The second kappa shape index (κ2) is 7.13. The molecule has 3 aromatic rings. The van der Waals surface area contributed by atoms with Crippen molar-refractivity contribution < 1.29 is 14.7 Å². The molecule has 0 radical (unpaired) electrons. The first-order chi connectivity index (χ1) is 13.4. The van der Waals surface area contributed by atoms with Crippen LogP contribution in [-0.2, 0) is 4.79 Å². The number of benzene rings is 2. The van der Waals surface area contributed by atoms with Gasteiger partial charge in [0.15, 0.2) is 0 Å². The summed E-state index contributed by atoms with van der Waals surface area (Å²) in [5.41, 5.74) is 4.66. The van der Waals surface area contributed by atoms with E-state index in [1.54, 1.807) is 12.1 Å². The highest BCUT2D eigenvalue weighted by Gasteiger charge is 2.32. The minimum absolute atomic E-state index is 0.0719. The van der Waals surface area contributed by atoms with Crippen molar-refractivity contribution >= 4 is 33.8 Å². The maximum Gasteiger partial charge on any atom is 0.266 e. The number of amides is 2. The minimum Gasteiger partial charge on any atom is -0.508 e. The molecule has 1 aliphatic rings. The van der Waals surface area contributed by atoms with Gasteiger partial charge in [0, 0.05) is 18.0 Å². The number of anilines is 2. The van der Waals surface area contributed by atoms with Crippen LogP contribution in [0.3, 0.4) is 0 Å². The lowest BCUT2D eigenvalue weighted by atomic mass is 9.85. The fourth-order valence-electron chi connectivity index (χ4n) is 3.54. The summed E-state index contributed by atoms with van der Waals surface area (Å²) < 4.78 is 0. The van der Waals surface area contributed by atoms with E-state index in [1.807, 2.05) is 50.2 Å². The Morgan fingerprint density at radius 3 is 2.46 bits per heavy atom. The molecule has 0 spiro atoms. The van der Waals surface area contributed by atoms with Crippen molar-refractivity contribution in [2.45, 2.75) is 26.2 Å². The molecule has 1 atom stereocenters. The van der Waals surface area contributed by atoms with Gasteiger partial charge >= 0.3 is 0 Å². The molecule has 0 saturated carbocycles.